The maximum absolute atomic E-state index is 12.6. The SMILES string of the molecule is N=C(N)c1cc(C(F)(F)F)cc(C2CC2)n1. The molecule has 86 valence electrons. The monoisotopic (exact) mass is 229 g/mol. The van der Waals surface area contributed by atoms with E-state index in [1.54, 1.807) is 0 Å². The van der Waals surface area contributed by atoms with E-state index in [0.29, 0.717) is 5.69 Å². The van der Waals surface area contributed by atoms with Crippen LogP contribution in [-0.4, -0.2) is 10.8 Å². The number of nitrogens with two attached hydrogens (primary N) is 1. The molecule has 0 atom stereocenters. The van der Waals surface area contributed by atoms with Crippen LogP contribution in [-0.2, 0) is 6.18 Å². The van der Waals surface area contributed by atoms with Gasteiger partial charge in [0.15, 0.2) is 0 Å². The molecule has 1 aromatic rings. The van der Waals surface area contributed by atoms with E-state index in [4.69, 9.17) is 11.1 Å². The van der Waals surface area contributed by atoms with Gasteiger partial charge < -0.3 is 5.73 Å². The summed E-state index contributed by atoms with van der Waals surface area (Å²) < 4.78 is 37.7. The molecule has 0 aromatic carbocycles. The molecule has 0 saturated heterocycles. The quantitative estimate of drug-likeness (QED) is 0.603. The van der Waals surface area contributed by atoms with Crippen LogP contribution in [0.4, 0.5) is 13.2 Å². The van der Waals surface area contributed by atoms with Crippen LogP contribution in [0.25, 0.3) is 0 Å². The molecule has 0 bridgehead atoms. The van der Waals surface area contributed by atoms with Crippen molar-refractivity contribution in [2.24, 2.45) is 5.73 Å². The summed E-state index contributed by atoms with van der Waals surface area (Å²) in [7, 11) is 0. The molecular weight excluding hydrogens is 219 g/mol. The lowest BCUT2D eigenvalue weighted by atomic mass is 10.1. The minimum absolute atomic E-state index is 0.0976. The summed E-state index contributed by atoms with van der Waals surface area (Å²) in [6, 6.07) is 1.86. The highest BCUT2D eigenvalue weighted by atomic mass is 19.4. The van der Waals surface area contributed by atoms with Crippen molar-refractivity contribution in [1.29, 1.82) is 5.41 Å². The van der Waals surface area contributed by atoms with Gasteiger partial charge in [-0.2, -0.15) is 13.2 Å². The molecule has 0 radical (unpaired) electrons. The molecule has 1 heterocycles. The van der Waals surface area contributed by atoms with Crippen LogP contribution in [0.5, 0.6) is 0 Å². The van der Waals surface area contributed by atoms with Crippen molar-refractivity contribution in [2.75, 3.05) is 0 Å². The molecule has 1 aromatic heterocycles. The molecular formula is C10H10F3N3. The number of nitrogens with zero attached hydrogens (tertiary/aromatic N) is 1. The van der Waals surface area contributed by atoms with E-state index in [1.807, 2.05) is 0 Å². The topological polar surface area (TPSA) is 62.8 Å². The maximum atomic E-state index is 12.6. The molecule has 16 heavy (non-hydrogen) atoms. The maximum Gasteiger partial charge on any atom is 0.416 e. The Hall–Kier alpha value is -1.59. The van der Waals surface area contributed by atoms with Crippen LogP contribution >= 0.6 is 0 Å². The Bertz CT molecular complexity index is 435. The van der Waals surface area contributed by atoms with E-state index in [0.717, 1.165) is 25.0 Å². The third-order valence-electron chi connectivity index (χ3n) is 2.44. The first-order valence-electron chi connectivity index (χ1n) is 4.81. The highest BCUT2D eigenvalue weighted by Crippen LogP contribution is 2.41. The van der Waals surface area contributed by atoms with E-state index in [1.165, 1.54) is 0 Å². The smallest absolute Gasteiger partial charge is 0.382 e. The number of hydrogen-bond acceptors (Lipinski definition) is 2. The summed E-state index contributed by atoms with van der Waals surface area (Å²) in [4.78, 5) is 3.96. The highest BCUT2D eigenvalue weighted by molar-refractivity contribution is 5.93. The summed E-state index contributed by atoms with van der Waals surface area (Å²) in [5.41, 5.74) is 4.67. The van der Waals surface area contributed by atoms with E-state index >= 15 is 0 Å². The second-order valence-electron chi connectivity index (χ2n) is 3.85. The van der Waals surface area contributed by atoms with Crippen molar-refractivity contribution >= 4 is 5.84 Å². The summed E-state index contributed by atoms with van der Waals surface area (Å²) >= 11 is 0. The Labute approximate surface area is 90.0 Å². The predicted octanol–water partition coefficient (Wildman–Crippen LogP) is 2.26. The van der Waals surface area contributed by atoms with Crippen molar-refractivity contribution in [3.8, 4) is 0 Å². The summed E-state index contributed by atoms with van der Waals surface area (Å²) in [5.74, 6) is -0.339. The van der Waals surface area contributed by atoms with Gasteiger partial charge in [-0.1, -0.05) is 0 Å². The Morgan fingerprint density at radius 2 is 2.00 bits per heavy atom. The number of alkyl halides is 3. The van der Waals surface area contributed by atoms with Gasteiger partial charge in [0.2, 0.25) is 0 Å². The third-order valence-corrected chi connectivity index (χ3v) is 2.44. The zero-order valence-electron chi connectivity index (χ0n) is 8.30. The zero-order chi connectivity index (χ0) is 11.9. The number of aromatic nitrogens is 1. The molecule has 1 aliphatic carbocycles. The fourth-order valence-electron chi connectivity index (χ4n) is 1.44. The average molecular weight is 229 g/mol. The van der Waals surface area contributed by atoms with Crippen LogP contribution in [0, 0.1) is 5.41 Å². The van der Waals surface area contributed by atoms with Gasteiger partial charge in [0.1, 0.15) is 11.5 Å². The first-order chi connectivity index (χ1) is 7.38. The van der Waals surface area contributed by atoms with Gasteiger partial charge >= 0.3 is 6.18 Å². The molecule has 0 spiro atoms. The number of halogens is 3. The summed E-state index contributed by atoms with van der Waals surface area (Å²) in [6.07, 6.45) is -2.71. The van der Waals surface area contributed by atoms with Gasteiger partial charge in [-0.15, -0.1) is 0 Å². The number of rotatable bonds is 2. The van der Waals surface area contributed by atoms with Crippen molar-refractivity contribution in [1.82, 2.24) is 4.98 Å². The van der Waals surface area contributed by atoms with Crippen LogP contribution in [0.1, 0.15) is 35.7 Å². The molecule has 0 aliphatic heterocycles. The first-order valence-corrected chi connectivity index (χ1v) is 4.81. The number of nitrogen functional groups attached to an aromatic ring is 1. The van der Waals surface area contributed by atoms with Crippen LogP contribution in [0.15, 0.2) is 12.1 Å². The van der Waals surface area contributed by atoms with Crippen molar-refractivity contribution in [2.45, 2.75) is 24.9 Å². The molecule has 1 saturated carbocycles. The van der Waals surface area contributed by atoms with Crippen LogP contribution < -0.4 is 5.73 Å². The normalized spacial score (nSPS) is 16.2. The lowest BCUT2D eigenvalue weighted by molar-refractivity contribution is -0.137. The fraction of sp³-hybridized carbons (Fsp3) is 0.400. The molecule has 2 rings (SSSR count). The standard InChI is InChI=1S/C10H10F3N3/c11-10(12,13)6-3-7(5-1-2-5)16-8(4-6)9(14)15/h3-5H,1-2H2,(H3,14,15). The van der Waals surface area contributed by atoms with Gasteiger partial charge in [-0.05, 0) is 25.0 Å². The molecule has 1 aliphatic rings. The molecule has 0 amide bonds. The van der Waals surface area contributed by atoms with Gasteiger partial charge in [0.05, 0.1) is 5.56 Å². The fourth-order valence-corrected chi connectivity index (χ4v) is 1.44. The lowest BCUT2D eigenvalue weighted by Gasteiger charge is -2.10. The number of hydrogen-bond donors (Lipinski definition) is 2. The van der Waals surface area contributed by atoms with Gasteiger partial charge in [-0.3, -0.25) is 5.41 Å². The molecule has 6 heteroatoms. The first kappa shape index (κ1) is 10.9. The second-order valence-corrected chi connectivity index (χ2v) is 3.85. The Balaban J connectivity index is 2.48. The van der Waals surface area contributed by atoms with E-state index < -0.39 is 17.6 Å². The largest absolute Gasteiger partial charge is 0.416 e. The van der Waals surface area contributed by atoms with E-state index in [9.17, 15) is 13.2 Å². The van der Waals surface area contributed by atoms with Gasteiger partial charge in [-0.25, -0.2) is 4.98 Å². The minimum Gasteiger partial charge on any atom is -0.382 e. The predicted molar refractivity (Wildman–Crippen MR) is 52.2 cm³/mol. The minimum atomic E-state index is -4.42. The molecule has 0 unspecified atom stereocenters. The Morgan fingerprint density at radius 1 is 1.38 bits per heavy atom. The Morgan fingerprint density at radius 3 is 2.44 bits per heavy atom. The van der Waals surface area contributed by atoms with Gasteiger partial charge in [0, 0.05) is 11.6 Å². The van der Waals surface area contributed by atoms with Gasteiger partial charge in [0.25, 0.3) is 0 Å². The average Bonchev–Trinajstić information content (AvgIpc) is 2.98. The highest BCUT2D eigenvalue weighted by Gasteiger charge is 2.34. The van der Waals surface area contributed by atoms with Crippen LogP contribution in [0.2, 0.25) is 0 Å². The lowest BCUT2D eigenvalue weighted by Crippen LogP contribution is -2.16. The Kier molecular flexibility index (Phi) is 2.36. The number of amidine groups is 1. The van der Waals surface area contributed by atoms with Crippen molar-refractivity contribution < 1.29 is 13.2 Å². The second kappa shape index (κ2) is 3.47. The summed E-state index contributed by atoms with van der Waals surface area (Å²) in [6.45, 7) is 0. The molecule has 3 nitrogen and oxygen atoms in total. The summed E-state index contributed by atoms with van der Waals surface area (Å²) in [5, 5.41) is 7.14. The number of pyridine rings is 1. The van der Waals surface area contributed by atoms with Crippen LogP contribution in [0.3, 0.4) is 0 Å². The number of nitrogens with one attached hydrogen (secondary N) is 1. The molecule has 1 fully saturated rings. The third kappa shape index (κ3) is 2.15. The van der Waals surface area contributed by atoms with E-state index in [-0.39, 0.29) is 11.6 Å². The molecule has 3 N–H and O–H groups in total. The van der Waals surface area contributed by atoms with E-state index in [2.05, 4.69) is 4.98 Å². The van der Waals surface area contributed by atoms with Crippen molar-refractivity contribution in [3.63, 3.8) is 0 Å². The van der Waals surface area contributed by atoms with Crippen molar-refractivity contribution in [3.05, 3.63) is 29.1 Å². The zero-order valence-corrected chi connectivity index (χ0v) is 8.30.